The van der Waals surface area contributed by atoms with Crippen molar-refractivity contribution in [3.63, 3.8) is 0 Å². The van der Waals surface area contributed by atoms with Crippen molar-refractivity contribution in [2.75, 3.05) is 12.8 Å². The number of carbonyl (C=O) groups excluding carboxylic acids is 1. The van der Waals surface area contributed by atoms with Crippen LogP contribution < -0.4 is 5.73 Å². The van der Waals surface area contributed by atoms with Gasteiger partial charge < -0.3 is 15.0 Å². The molecule has 2 rings (SSSR count). The second-order valence-corrected chi connectivity index (χ2v) is 5.59. The van der Waals surface area contributed by atoms with Gasteiger partial charge in [-0.2, -0.15) is 0 Å². The summed E-state index contributed by atoms with van der Waals surface area (Å²) in [6.07, 6.45) is 0. The van der Waals surface area contributed by atoms with Gasteiger partial charge in [0.05, 0.1) is 7.11 Å². The molecule has 0 amide bonds. The Morgan fingerprint density at radius 3 is 2.35 bits per heavy atom. The number of hydrogen-bond donors (Lipinski definition) is 1. The number of aromatic nitrogens is 1. The van der Waals surface area contributed by atoms with Crippen molar-refractivity contribution in [1.82, 2.24) is 5.16 Å². The summed E-state index contributed by atoms with van der Waals surface area (Å²) < 4.78 is 9.59. The number of methoxy groups -OCH3 is 1. The number of esters is 1. The summed E-state index contributed by atoms with van der Waals surface area (Å²) >= 11 is 0. The Bertz CT molecular complexity index is 622. The van der Waals surface area contributed by atoms with Gasteiger partial charge in [0.15, 0.2) is 5.56 Å². The van der Waals surface area contributed by atoms with Crippen molar-refractivity contribution in [3.8, 4) is 11.3 Å². The Balaban J connectivity index is 2.45. The van der Waals surface area contributed by atoms with Crippen molar-refractivity contribution in [2.24, 2.45) is 0 Å². The van der Waals surface area contributed by atoms with Gasteiger partial charge in [-0.05, 0) is 11.0 Å². The predicted molar refractivity (Wildman–Crippen MR) is 76.4 cm³/mol. The van der Waals surface area contributed by atoms with E-state index in [0.717, 1.165) is 5.56 Å². The summed E-state index contributed by atoms with van der Waals surface area (Å²) in [6.45, 7) is 6.40. The molecule has 1 heterocycles. The molecule has 20 heavy (non-hydrogen) atoms. The number of nitrogens with two attached hydrogens (primary N) is 1. The smallest absolute Gasteiger partial charge is 0.345 e. The van der Waals surface area contributed by atoms with Gasteiger partial charge in [-0.25, -0.2) is 4.79 Å². The van der Waals surface area contributed by atoms with Crippen LogP contribution in [0, 0.1) is 0 Å². The van der Waals surface area contributed by atoms with E-state index in [1.807, 2.05) is 24.3 Å². The molecule has 1 aromatic carbocycles. The SMILES string of the molecule is COC(=O)c1c(-c2ccc(C(C)(C)C)cc2)noc1N. The summed E-state index contributed by atoms with van der Waals surface area (Å²) in [7, 11) is 1.29. The molecule has 5 nitrogen and oxygen atoms in total. The standard InChI is InChI=1S/C15H18N2O3/c1-15(2,3)10-7-5-9(6-8-10)12-11(14(18)19-4)13(16)20-17-12/h5-8H,16H2,1-4H3. The zero-order chi connectivity index (χ0) is 14.9. The molecule has 0 aliphatic heterocycles. The van der Waals surface area contributed by atoms with Crippen LogP contribution in [0.15, 0.2) is 28.8 Å². The highest BCUT2D eigenvalue weighted by molar-refractivity contribution is 6.00. The quantitative estimate of drug-likeness (QED) is 0.852. The van der Waals surface area contributed by atoms with Crippen LogP contribution >= 0.6 is 0 Å². The molecule has 0 saturated heterocycles. The van der Waals surface area contributed by atoms with Crippen LogP contribution in [0.2, 0.25) is 0 Å². The number of rotatable bonds is 2. The third kappa shape index (κ3) is 2.52. The molecule has 0 atom stereocenters. The third-order valence-corrected chi connectivity index (χ3v) is 3.13. The molecule has 0 saturated carbocycles. The number of hydrogen-bond acceptors (Lipinski definition) is 5. The Labute approximate surface area is 117 Å². The van der Waals surface area contributed by atoms with E-state index in [4.69, 9.17) is 15.0 Å². The highest BCUT2D eigenvalue weighted by Crippen LogP contribution is 2.30. The zero-order valence-electron chi connectivity index (χ0n) is 12.1. The molecule has 2 N–H and O–H groups in total. The maximum atomic E-state index is 11.7. The summed E-state index contributed by atoms with van der Waals surface area (Å²) in [5.74, 6) is -0.592. The van der Waals surface area contributed by atoms with E-state index in [-0.39, 0.29) is 16.9 Å². The lowest BCUT2D eigenvalue weighted by Crippen LogP contribution is -2.10. The van der Waals surface area contributed by atoms with E-state index >= 15 is 0 Å². The van der Waals surface area contributed by atoms with Crippen LogP contribution in [0.5, 0.6) is 0 Å². The second kappa shape index (κ2) is 5.00. The summed E-state index contributed by atoms with van der Waals surface area (Å²) in [5, 5.41) is 3.85. The van der Waals surface area contributed by atoms with Gasteiger partial charge in [0.2, 0.25) is 5.88 Å². The van der Waals surface area contributed by atoms with Gasteiger partial charge in [0.1, 0.15) is 5.69 Å². The van der Waals surface area contributed by atoms with Crippen LogP contribution in [-0.2, 0) is 10.2 Å². The number of nitrogens with zero attached hydrogens (tertiary/aromatic N) is 1. The zero-order valence-corrected chi connectivity index (χ0v) is 12.1. The lowest BCUT2D eigenvalue weighted by Gasteiger charge is -2.18. The Morgan fingerprint density at radius 2 is 1.85 bits per heavy atom. The number of carbonyl (C=O) groups is 1. The Hall–Kier alpha value is -2.30. The molecular formula is C15H18N2O3. The van der Waals surface area contributed by atoms with Gasteiger partial charge in [0.25, 0.3) is 0 Å². The number of nitrogen functional groups attached to an aromatic ring is 1. The lowest BCUT2D eigenvalue weighted by atomic mass is 9.86. The molecule has 2 aromatic rings. The Morgan fingerprint density at radius 1 is 1.25 bits per heavy atom. The molecule has 0 radical (unpaired) electrons. The van der Waals surface area contributed by atoms with Crippen molar-refractivity contribution < 1.29 is 14.1 Å². The fraction of sp³-hybridized carbons (Fsp3) is 0.333. The van der Waals surface area contributed by atoms with E-state index in [1.165, 1.54) is 12.7 Å². The molecule has 5 heteroatoms. The molecule has 0 unspecified atom stereocenters. The summed E-state index contributed by atoms with van der Waals surface area (Å²) in [5.41, 5.74) is 8.20. The molecule has 0 fully saturated rings. The maximum absolute atomic E-state index is 11.7. The summed E-state index contributed by atoms with van der Waals surface area (Å²) in [6, 6.07) is 7.79. The molecule has 0 spiro atoms. The molecule has 1 aromatic heterocycles. The van der Waals surface area contributed by atoms with Gasteiger partial charge in [-0.3, -0.25) is 0 Å². The van der Waals surface area contributed by atoms with Crippen molar-refractivity contribution in [1.29, 1.82) is 0 Å². The maximum Gasteiger partial charge on any atom is 0.345 e. The first-order valence-corrected chi connectivity index (χ1v) is 6.29. The highest BCUT2D eigenvalue weighted by Gasteiger charge is 2.23. The average molecular weight is 274 g/mol. The van der Waals surface area contributed by atoms with Crippen LogP contribution in [0.1, 0.15) is 36.7 Å². The lowest BCUT2D eigenvalue weighted by molar-refractivity contribution is 0.0602. The molecule has 0 aliphatic carbocycles. The van der Waals surface area contributed by atoms with Crippen LogP contribution in [0.3, 0.4) is 0 Å². The Kier molecular flexibility index (Phi) is 3.53. The van der Waals surface area contributed by atoms with Crippen molar-refractivity contribution in [2.45, 2.75) is 26.2 Å². The number of ether oxygens (including phenoxy) is 1. The monoisotopic (exact) mass is 274 g/mol. The van der Waals surface area contributed by atoms with Crippen LogP contribution in [0.25, 0.3) is 11.3 Å². The first kappa shape index (κ1) is 14.1. The summed E-state index contributed by atoms with van der Waals surface area (Å²) in [4.78, 5) is 11.7. The second-order valence-electron chi connectivity index (χ2n) is 5.59. The molecule has 0 aliphatic rings. The predicted octanol–water partition coefficient (Wildman–Crippen LogP) is 3.01. The highest BCUT2D eigenvalue weighted by atomic mass is 16.5. The van der Waals surface area contributed by atoms with Gasteiger partial charge >= 0.3 is 5.97 Å². The van der Waals surface area contributed by atoms with Crippen molar-refractivity contribution >= 4 is 11.9 Å². The van der Waals surface area contributed by atoms with E-state index in [1.54, 1.807) is 0 Å². The first-order chi connectivity index (χ1) is 9.34. The minimum absolute atomic E-state index is 0.0354. The average Bonchev–Trinajstić information content (AvgIpc) is 2.79. The number of benzene rings is 1. The van der Waals surface area contributed by atoms with Crippen LogP contribution in [-0.4, -0.2) is 18.2 Å². The molecule has 0 bridgehead atoms. The van der Waals surface area contributed by atoms with Gasteiger partial charge in [-0.15, -0.1) is 0 Å². The molecule has 106 valence electrons. The fourth-order valence-corrected chi connectivity index (χ4v) is 1.93. The van der Waals surface area contributed by atoms with E-state index in [9.17, 15) is 4.79 Å². The van der Waals surface area contributed by atoms with E-state index in [2.05, 4.69) is 25.9 Å². The fourth-order valence-electron chi connectivity index (χ4n) is 1.93. The van der Waals surface area contributed by atoms with Gasteiger partial charge in [-0.1, -0.05) is 50.2 Å². The number of anilines is 1. The van der Waals surface area contributed by atoms with E-state index < -0.39 is 5.97 Å². The minimum Gasteiger partial charge on any atom is -0.465 e. The topological polar surface area (TPSA) is 78.3 Å². The molecular weight excluding hydrogens is 256 g/mol. The minimum atomic E-state index is -0.557. The largest absolute Gasteiger partial charge is 0.465 e. The van der Waals surface area contributed by atoms with Crippen LogP contribution in [0.4, 0.5) is 5.88 Å². The first-order valence-electron chi connectivity index (χ1n) is 6.29. The third-order valence-electron chi connectivity index (χ3n) is 3.13. The normalized spacial score (nSPS) is 11.4. The van der Waals surface area contributed by atoms with E-state index in [0.29, 0.717) is 5.69 Å². The van der Waals surface area contributed by atoms with Crippen molar-refractivity contribution in [3.05, 3.63) is 35.4 Å². The van der Waals surface area contributed by atoms with Gasteiger partial charge in [0, 0.05) is 5.56 Å².